The number of ether oxygens (including phenoxy) is 3. The fourth-order valence-corrected chi connectivity index (χ4v) is 4.35. The molecule has 1 fully saturated rings. The lowest BCUT2D eigenvalue weighted by Gasteiger charge is -2.23. The molecule has 182 valence electrons. The molecule has 1 aliphatic rings. The molecule has 0 unspecified atom stereocenters. The SMILES string of the molecule is CCOC(=O)c1oc2cc(C)c(-c3cnn(C)c3)cc2c1N(CC[C@@H]1CCCO1)C(=O)OCC. The van der Waals surface area contributed by atoms with Crippen LogP contribution in [0.3, 0.4) is 0 Å². The van der Waals surface area contributed by atoms with E-state index in [0.29, 0.717) is 29.6 Å². The number of rotatable bonds is 8. The number of nitrogens with zero attached hydrogens (tertiary/aromatic N) is 3. The Labute approximate surface area is 198 Å². The number of hydrogen-bond acceptors (Lipinski definition) is 7. The van der Waals surface area contributed by atoms with Gasteiger partial charge in [-0.3, -0.25) is 9.58 Å². The van der Waals surface area contributed by atoms with E-state index in [4.69, 9.17) is 18.6 Å². The van der Waals surface area contributed by atoms with Gasteiger partial charge in [0, 0.05) is 37.3 Å². The second kappa shape index (κ2) is 10.3. The van der Waals surface area contributed by atoms with Crippen molar-refractivity contribution in [3.8, 4) is 11.1 Å². The van der Waals surface area contributed by atoms with Crippen molar-refractivity contribution in [2.75, 3.05) is 31.3 Å². The Kier molecular flexibility index (Phi) is 7.21. The molecule has 2 aromatic heterocycles. The molecule has 0 bridgehead atoms. The van der Waals surface area contributed by atoms with Crippen LogP contribution in [0.25, 0.3) is 22.1 Å². The highest BCUT2D eigenvalue weighted by molar-refractivity contribution is 6.10. The molecule has 1 atom stereocenters. The van der Waals surface area contributed by atoms with Crippen molar-refractivity contribution < 1.29 is 28.2 Å². The molecule has 0 aliphatic carbocycles. The largest absolute Gasteiger partial charge is 0.460 e. The predicted molar refractivity (Wildman–Crippen MR) is 127 cm³/mol. The molecule has 3 heterocycles. The summed E-state index contributed by atoms with van der Waals surface area (Å²) in [6.07, 6.45) is 5.78. The summed E-state index contributed by atoms with van der Waals surface area (Å²) in [5.74, 6) is -0.638. The molecule has 4 rings (SSSR count). The molecule has 1 amide bonds. The Hall–Kier alpha value is -3.33. The van der Waals surface area contributed by atoms with Crippen molar-refractivity contribution >= 4 is 28.7 Å². The van der Waals surface area contributed by atoms with Crippen LogP contribution in [0, 0.1) is 6.92 Å². The highest BCUT2D eigenvalue weighted by Crippen LogP contribution is 2.39. The van der Waals surface area contributed by atoms with Crippen LogP contribution in [0.1, 0.15) is 49.2 Å². The molecule has 1 saturated heterocycles. The van der Waals surface area contributed by atoms with Gasteiger partial charge in [-0.25, -0.2) is 9.59 Å². The summed E-state index contributed by atoms with van der Waals surface area (Å²) in [5.41, 5.74) is 3.66. The number of furan rings is 1. The third-order valence-electron chi connectivity index (χ3n) is 5.94. The maximum Gasteiger partial charge on any atom is 0.414 e. The third kappa shape index (κ3) is 4.79. The van der Waals surface area contributed by atoms with Crippen LogP contribution < -0.4 is 4.90 Å². The van der Waals surface area contributed by atoms with Crippen molar-refractivity contribution in [3.05, 3.63) is 35.9 Å². The fraction of sp³-hybridized carbons (Fsp3) is 0.480. The first-order valence-corrected chi connectivity index (χ1v) is 11.7. The van der Waals surface area contributed by atoms with E-state index in [2.05, 4.69) is 5.10 Å². The minimum absolute atomic E-state index is 0.0139. The van der Waals surface area contributed by atoms with Gasteiger partial charge in [-0.05, 0) is 63.3 Å². The van der Waals surface area contributed by atoms with Gasteiger partial charge in [0.1, 0.15) is 11.3 Å². The lowest BCUT2D eigenvalue weighted by molar-refractivity contribution is 0.0493. The average molecular weight is 470 g/mol. The van der Waals surface area contributed by atoms with Gasteiger partial charge >= 0.3 is 12.1 Å². The second-order valence-electron chi connectivity index (χ2n) is 8.34. The van der Waals surface area contributed by atoms with Crippen LogP contribution in [0.15, 0.2) is 28.9 Å². The van der Waals surface area contributed by atoms with Gasteiger partial charge in [0.2, 0.25) is 5.76 Å². The Morgan fingerprint density at radius 3 is 2.68 bits per heavy atom. The Bertz CT molecular complexity index is 1170. The predicted octanol–water partition coefficient (Wildman–Crippen LogP) is 4.85. The number of carbonyl (C=O) groups is 2. The van der Waals surface area contributed by atoms with Crippen molar-refractivity contribution in [1.82, 2.24) is 9.78 Å². The van der Waals surface area contributed by atoms with Gasteiger partial charge in [0.15, 0.2) is 0 Å². The number of aromatic nitrogens is 2. The topological polar surface area (TPSA) is 96.0 Å². The van der Waals surface area contributed by atoms with Gasteiger partial charge in [-0.2, -0.15) is 5.10 Å². The average Bonchev–Trinajstić information content (AvgIpc) is 3.54. The number of esters is 1. The first-order chi connectivity index (χ1) is 16.4. The van der Waals surface area contributed by atoms with E-state index in [1.807, 2.05) is 32.3 Å². The van der Waals surface area contributed by atoms with Gasteiger partial charge in [-0.15, -0.1) is 0 Å². The molecular weight excluding hydrogens is 438 g/mol. The standard InChI is InChI=1S/C25H31N3O6/c1-5-31-24(29)23-22(28(25(30)32-6-2)10-9-18-8-7-11-33-18)20-13-19(16(3)12-21(20)34-23)17-14-26-27(4)15-17/h12-15,18H,5-11H2,1-4H3/t18-/m0/s1. The highest BCUT2D eigenvalue weighted by atomic mass is 16.6. The van der Waals surface area contributed by atoms with Gasteiger partial charge < -0.3 is 18.6 Å². The third-order valence-corrected chi connectivity index (χ3v) is 5.94. The van der Waals surface area contributed by atoms with Crippen molar-refractivity contribution in [1.29, 1.82) is 0 Å². The van der Waals surface area contributed by atoms with E-state index in [9.17, 15) is 9.59 Å². The van der Waals surface area contributed by atoms with Crippen LogP contribution in [-0.4, -0.2) is 54.3 Å². The van der Waals surface area contributed by atoms with Crippen molar-refractivity contribution in [2.24, 2.45) is 7.05 Å². The van der Waals surface area contributed by atoms with Gasteiger partial charge in [-0.1, -0.05) is 0 Å². The number of fused-ring (bicyclic) bond motifs is 1. The summed E-state index contributed by atoms with van der Waals surface area (Å²) < 4.78 is 24.1. The zero-order chi connectivity index (χ0) is 24.2. The van der Waals surface area contributed by atoms with Crippen LogP contribution in [0.4, 0.5) is 10.5 Å². The molecule has 34 heavy (non-hydrogen) atoms. The lowest BCUT2D eigenvalue weighted by atomic mass is 10.0. The van der Waals surface area contributed by atoms with Gasteiger partial charge in [0.25, 0.3) is 0 Å². The van der Waals surface area contributed by atoms with Crippen molar-refractivity contribution in [3.63, 3.8) is 0 Å². The Morgan fingerprint density at radius 2 is 2.03 bits per heavy atom. The van der Waals surface area contributed by atoms with Crippen molar-refractivity contribution in [2.45, 2.75) is 46.1 Å². The fourth-order valence-electron chi connectivity index (χ4n) is 4.35. The summed E-state index contributed by atoms with van der Waals surface area (Å²) in [4.78, 5) is 27.5. The monoisotopic (exact) mass is 469 g/mol. The smallest absolute Gasteiger partial charge is 0.414 e. The van der Waals surface area contributed by atoms with E-state index in [1.54, 1.807) is 24.7 Å². The van der Waals surface area contributed by atoms with Gasteiger partial charge in [0.05, 0.1) is 25.5 Å². The molecule has 9 heteroatoms. The Balaban J connectivity index is 1.86. The maximum atomic E-state index is 13.1. The molecule has 0 saturated carbocycles. The molecule has 1 aromatic carbocycles. The molecule has 0 spiro atoms. The molecular formula is C25H31N3O6. The van der Waals surface area contributed by atoms with Crippen LogP contribution in [-0.2, 0) is 21.3 Å². The summed E-state index contributed by atoms with van der Waals surface area (Å²) in [6, 6.07) is 3.80. The van der Waals surface area contributed by atoms with E-state index in [0.717, 1.165) is 36.1 Å². The van der Waals surface area contributed by atoms with E-state index >= 15 is 0 Å². The highest BCUT2D eigenvalue weighted by Gasteiger charge is 2.32. The van der Waals surface area contributed by atoms with Crippen LogP contribution in [0.5, 0.6) is 0 Å². The molecule has 3 aromatic rings. The number of carbonyl (C=O) groups excluding carboxylic acids is 2. The lowest BCUT2D eigenvalue weighted by Crippen LogP contribution is -2.35. The van der Waals surface area contributed by atoms with E-state index in [1.165, 1.54) is 4.90 Å². The molecule has 0 radical (unpaired) electrons. The normalized spacial score (nSPS) is 15.6. The zero-order valence-corrected chi connectivity index (χ0v) is 20.1. The number of benzene rings is 1. The van der Waals surface area contributed by atoms with E-state index < -0.39 is 12.1 Å². The minimum Gasteiger partial charge on any atom is -0.460 e. The summed E-state index contributed by atoms with van der Waals surface area (Å²) in [7, 11) is 1.85. The molecule has 0 N–H and O–H groups in total. The number of aryl methyl sites for hydroxylation is 2. The van der Waals surface area contributed by atoms with Crippen LogP contribution in [0.2, 0.25) is 0 Å². The maximum absolute atomic E-state index is 13.1. The summed E-state index contributed by atoms with van der Waals surface area (Å²) >= 11 is 0. The first-order valence-electron chi connectivity index (χ1n) is 11.7. The molecule has 9 nitrogen and oxygen atoms in total. The number of anilines is 1. The second-order valence-corrected chi connectivity index (χ2v) is 8.34. The minimum atomic E-state index is -0.624. The summed E-state index contributed by atoms with van der Waals surface area (Å²) in [6.45, 7) is 6.88. The summed E-state index contributed by atoms with van der Waals surface area (Å²) in [5, 5.41) is 4.91. The Morgan fingerprint density at radius 1 is 1.24 bits per heavy atom. The molecule has 1 aliphatic heterocycles. The number of amides is 1. The first kappa shape index (κ1) is 23.8. The van der Waals surface area contributed by atoms with Crippen LogP contribution >= 0.6 is 0 Å². The van der Waals surface area contributed by atoms with E-state index in [-0.39, 0.29) is 25.1 Å². The quantitative estimate of drug-likeness (QED) is 0.435. The zero-order valence-electron chi connectivity index (χ0n) is 20.1. The number of hydrogen-bond donors (Lipinski definition) is 0.